The van der Waals surface area contributed by atoms with Crippen molar-refractivity contribution < 1.29 is 4.79 Å². The maximum Gasteiger partial charge on any atom is 0.236 e. The van der Waals surface area contributed by atoms with E-state index in [0.29, 0.717) is 6.54 Å². The molecule has 1 aromatic rings. The maximum absolute atomic E-state index is 11.9. The molecular formula is C14H25BrN4O. The zero-order valence-electron chi connectivity index (χ0n) is 13.1. The molecule has 1 rings (SSSR count). The predicted octanol–water partition coefficient (Wildman–Crippen LogP) is 2.05. The first-order valence-corrected chi connectivity index (χ1v) is 7.82. The van der Waals surface area contributed by atoms with Crippen LogP contribution < -0.4 is 0 Å². The van der Waals surface area contributed by atoms with Crippen molar-refractivity contribution in [1.82, 2.24) is 19.6 Å². The zero-order valence-corrected chi connectivity index (χ0v) is 14.7. The van der Waals surface area contributed by atoms with Gasteiger partial charge in [-0.05, 0) is 35.3 Å². The highest BCUT2D eigenvalue weighted by molar-refractivity contribution is 9.10. The van der Waals surface area contributed by atoms with Crippen LogP contribution in [0.1, 0.15) is 31.7 Å². The molecule has 0 spiro atoms. The minimum Gasteiger partial charge on any atom is -0.348 e. The number of nitrogens with zero attached hydrogens (tertiary/aromatic N) is 4. The quantitative estimate of drug-likeness (QED) is 0.760. The minimum absolute atomic E-state index is 0.132. The lowest BCUT2D eigenvalue weighted by molar-refractivity contribution is -0.130. The molecule has 5 nitrogen and oxygen atoms in total. The summed E-state index contributed by atoms with van der Waals surface area (Å²) in [6.45, 7) is 6.30. The Morgan fingerprint density at radius 3 is 2.45 bits per heavy atom. The fourth-order valence-corrected chi connectivity index (χ4v) is 2.81. The highest BCUT2D eigenvalue weighted by Gasteiger charge is 2.18. The Hall–Kier alpha value is -0.880. The van der Waals surface area contributed by atoms with Gasteiger partial charge >= 0.3 is 0 Å². The normalized spacial score (nSPS) is 11.2. The molecule has 0 saturated heterocycles. The first-order chi connectivity index (χ1) is 9.40. The van der Waals surface area contributed by atoms with E-state index in [1.807, 2.05) is 11.7 Å². The van der Waals surface area contributed by atoms with E-state index in [0.717, 1.165) is 41.8 Å². The second kappa shape index (κ2) is 7.78. The van der Waals surface area contributed by atoms with E-state index >= 15 is 0 Å². The van der Waals surface area contributed by atoms with Gasteiger partial charge in [0, 0.05) is 27.7 Å². The molecule has 0 aromatic carbocycles. The van der Waals surface area contributed by atoms with Crippen LogP contribution in [0, 0.1) is 0 Å². The molecular weight excluding hydrogens is 320 g/mol. The summed E-state index contributed by atoms with van der Waals surface area (Å²) in [7, 11) is 5.54. The van der Waals surface area contributed by atoms with Crippen molar-refractivity contribution >= 4 is 21.8 Å². The molecule has 1 heterocycles. The number of rotatable bonds is 7. The molecule has 20 heavy (non-hydrogen) atoms. The molecule has 0 bridgehead atoms. The lowest BCUT2D eigenvalue weighted by Gasteiger charge is -2.23. The number of aryl methyl sites for hydroxylation is 2. The third kappa shape index (κ3) is 4.31. The van der Waals surface area contributed by atoms with Crippen molar-refractivity contribution in [3.8, 4) is 0 Å². The summed E-state index contributed by atoms with van der Waals surface area (Å²) >= 11 is 3.63. The third-order valence-electron chi connectivity index (χ3n) is 3.27. The number of amides is 1. The fourth-order valence-electron chi connectivity index (χ4n) is 2.07. The fraction of sp³-hybridized carbons (Fsp3) is 0.714. The summed E-state index contributed by atoms with van der Waals surface area (Å²) in [5, 5.41) is 4.50. The van der Waals surface area contributed by atoms with E-state index in [-0.39, 0.29) is 5.91 Å². The van der Waals surface area contributed by atoms with Crippen LogP contribution in [0.5, 0.6) is 0 Å². The van der Waals surface area contributed by atoms with Gasteiger partial charge in [0.15, 0.2) is 0 Å². The van der Waals surface area contributed by atoms with Gasteiger partial charge < -0.3 is 4.90 Å². The molecule has 0 unspecified atom stereocenters. The van der Waals surface area contributed by atoms with Crippen LogP contribution in [0.3, 0.4) is 0 Å². The van der Waals surface area contributed by atoms with Crippen molar-refractivity contribution in [3.05, 3.63) is 15.9 Å². The second-order valence-electron chi connectivity index (χ2n) is 5.18. The number of hydrogen-bond donors (Lipinski definition) is 0. The van der Waals surface area contributed by atoms with Gasteiger partial charge in [-0.15, -0.1) is 0 Å². The van der Waals surface area contributed by atoms with Crippen LogP contribution in [0.15, 0.2) is 4.47 Å². The van der Waals surface area contributed by atoms with Gasteiger partial charge in [0.25, 0.3) is 0 Å². The molecule has 114 valence electrons. The van der Waals surface area contributed by atoms with E-state index in [9.17, 15) is 4.79 Å². The van der Waals surface area contributed by atoms with Gasteiger partial charge in [-0.25, -0.2) is 0 Å². The van der Waals surface area contributed by atoms with Gasteiger partial charge in [0.2, 0.25) is 5.91 Å². The first kappa shape index (κ1) is 17.2. The molecule has 0 radical (unpaired) electrons. The number of likely N-dealkylation sites (N-methyl/N-ethyl adjacent to an activating group) is 1. The average Bonchev–Trinajstić information content (AvgIpc) is 2.66. The second-order valence-corrected chi connectivity index (χ2v) is 5.98. The summed E-state index contributed by atoms with van der Waals surface area (Å²) in [4.78, 5) is 15.7. The lowest BCUT2D eigenvalue weighted by atomic mass is 10.2. The smallest absolute Gasteiger partial charge is 0.236 e. The number of carbonyl (C=O) groups is 1. The molecule has 0 aliphatic rings. The maximum atomic E-state index is 11.9. The summed E-state index contributed by atoms with van der Waals surface area (Å²) < 4.78 is 2.98. The molecule has 1 aromatic heterocycles. The Labute approximate surface area is 130 Å². The van der Waals surface area contributed by atoms with Gasteiger partial charge in [0.1, 0.15) is 0 Å². The molecule has 0 atom stereocenters. The summed E-state index contributed by atoms with van der Waals surface area (Å²) in [5.74, 6) is 0.132. The summed E-state index contributed by atoms with van der Waals surface area (Å²) in [6, 6.07) is 0. The van der Waals surface area contributed by atoms with E-state index < -0.39 is 0 Å². The highest BCUT2D eigenvalue weighted by atomic mass is 79.9. The SMILES string of the molecule is CCCN(CC(=O)N(C)C)Cc1c(Br)c(CC)nn1C. The Bertz CT molecular complexity index is 456. The van der Waals surface area contributed by atoms with Crippen LogP contribution in [0.2, 0.25) is 0 Å². The lowest BCUT2D eigenvalue weighted by Crippen LogP contribution is -2.37. The van der Waals surface area contributed by atoms with Gasteiger partial charge in [-0.3, -0.25) is 14.4 Å². The molecule has 0 saturated carbocycles. The molecule has 0 aliphatic heterocycles. The van der Waals surface area contributed by atoms with Crippen molar-refractivity contribution in [2.75, 3.05) is 27.2 Å². The average molecular weight is 345 g/mol. The zero-order chi connectivity index (χ0) is 15.3. The van der Waals surface area contributed by atoms with Crippen LogP contribution in [-0.2, 0) is 24.8 Å². The van der Waals surface area contributed by atoms with Gasteiger partial charge in [0.05, 0.1) is 22.4 Å². The van der Waals surface area contributed by atoms with Crippen molar-refractivity contribution in [1.29, 1.82) is 0 Å². The Morgan fingerprint density at radius 1 is 1.35 bits per heavy atom. The van der Waals surface area contributed by atoms with Crippen molar-refractivity contribution in [2.45, 2.75) is 33.2 Å². The third-order valence-corrected chi connectivity index (χ3v) is 4.19. The predicted molar refractivity (Wildman–Crippen MR) is 84.5 cm³/mol. The van der Waals surface area contributed by atoms with E-state index in [2.05, 4.69) is 39.8 Å². The number of carbonyl (C=O) groups excluding carboxylic acids is 1. The molecule has 0 N–H and O–H groups in total. The number of halogens is 1. The van der Waals surface area contributed by atoms with Crippen molar-refractivity contribution in [3.63, 3.8) is 0 Å². The van der Waals surface area contributed by atoms with Crippen LogP contribution in [0.4, 0.5) is 0 Å². The monoisotopic (exact) mass is 344 g/mol. The topological polar surface area (TPSA) is 41.4 Å². The summed E-state index contributed by atoms with van der Waals surface area (Å²) in [6.07, 6.45) is 1.93. The first-order valence-electron chi connectivity index (χ1n) is 7.03. The summed E-state index contributed by atoms with van der Waals surface area (Å²) in [5.41, 5.74) is 2.19. The Kier molecular flexibility index (Phi) is 6.68. The van der Waals surface area contributed by atoms with Gasteiger partial charge in [-0.1, -0.05) is 13.8 Å². The molecule has 6 heteroatoms. The standard InChI is InChI=1S/C14H25BrN4O/c1-6-8-19(10-13(20)17(3)4)9-12-14(15)11(7-2)16-18(12)5/h6-10H2,1-5H3. The Morgan fingerprint density at radius 2 is 2.00 bits per heavy atom. The van der Waals surface area contributed by atoms with Crippen LogP contribution in [0.25, 0.3) is 0 Å². The molecule has 1 amide bonds. The largest absolute Gasteiger partial charge is 0.348 e. The molecule has 0 fully saturated rings. The Balaban J connectivity index is 2.85. The highest BCUT2D eigenvalue weighted by Crippen LogP contribution is 2.23. The molecule has 0 aliphatic carbocycles. The number of hydrogen-bond acceptors (Lipinski definition) is 3. The van der Waals surface area contributed by atoms with E-state index in [1.54, 1.807) is 19.0 Å². The number of aromatic nitrogens is 2. The van der Waals surface area contributed by atoms with Crippen LogP contribution >= 0.6 is 15.9 Å². The van der Waals surface area contributed by atoms with Gasteiger partial charge in [-0.2, -0.15) is 5.10 Å². The van der Waals surface area contributed by atoms with Crippen LogP contribution in [-0.4, -0.2) is 52.7 Å². The van der Waals surface area contributed by atoms with E-state index in [1.165, 1.54) is 0 Å². The van der Waals surface area contributed by atoms with Crippen molar-refractivity contribution in [2.24, 2.45) is 7.05 Å². The minimum atomic E-state index is 0.132. The van der Waals surface area contributed by atoms with E-state index in [4.69, 9.17) is 0 Å².